The van der Waals surface area contributed by atoms with E-state index in [4.69, 9.17) is 23.2 Å². The van der Waals surface area contributed by atoms with Crippen molar-refractivity contribution in [3.05, 3.63) is 35.4 Å². The maximum atomic E-state index is 12.1. The summed E-state index contributed by atoms with van der Waals surface area (Å²) >= 11 is 13.8. The molecule has 0 aromatic heterocycles. The number of rotatable bonds is 2. The highest BCUT2D eigenvalue weighted by atomic mass is 127. The van der Waals surface area contributed by atoms with Crippen LogP contribution in [0.2, 0.25) is 0 Å². The molecule has 0 radical (unpaired) electrons. The zero-order chi connectivity index (χ0) is 13.3. The Hall–Kier alpha value is -0.000000000000000111. The van der Waals surface area contributed by atoms with E-state index in [1.165, 1.54) is 11.1 Å². The van der Waals surface area contributed by atoms with Gasteiger partial charge in [-0.15, -0.1) is 0 Å². The average molecular weight is 398 g/mol. The fourth-order valence-electron chi connectivity index (χ4n) is 2.47. The quantitative estimate of drug-likeness (QED) is 0.549. The highest BCUT2D eigenvalue weighted by molar-refractivity contribution is 14.1. The van der Waals surface area contributed by atoms with Crippen molar-refractivity contribution in [2.24, 2.45) is 0 Å². The molecule has 0 aliphatic carbocycles. The summed E-state index contributed by atoms with van der Waals surface area (Å²) in [5, 5.41) is 0. The summed E-state index contributed by atoms with van der Waals surface area (Å²) in [6.45, 7) is 2.79. The first kappa shape index (κ1) is 14.4. The van der Waals surface area contributed by atoms with Gasteiger partial charge in [-0.2, -0.15) is 0 Å². The van der Waals surface area contributed by atoms with Gasteiger partial charge in [0.15, 0.2) is 4.84 Å². The Morgan fingerprint density at radius 2 is 2.11 bits per heavy atom. The first-order chi connectivity index (χ1) is 8.52. The number of carbonyl (C=O) groups is 1. The first-order valence-electron chi connectivity index (χ1n) is 5.83. The molecule has 2 atom stereocenters. The number of nitrogens with zero attached hydrogens (tertiary/aromatic N) is 1. The normalized spacial score (nSPS) is 20.7. The van der Waals surface area contributed by atoms with Gasteiger partial charge in [0.1, 0.15) is 0 Å². The van der Waals surface area contributed by atoms with Crippen molar-refractivity contribution in [1.29, 1.82) is 0 Å². The van der Waals surface area contributed by atoms with Crippen LogP contribution in [-0.4, -0.2) is 26.1 Å². The van der Waals surface area contributed by atoms with Crippen molar-refractivity contribution >= 4 is 51.7 Å². The Labute approximate surface area is 131 Å². The van der Waals surface area contributed by atoms with Crippen LogP contribution in [-0.2, 0) is 11.2 Å². The largest absolute Gasteiger partial charge is 0.332 e. The molecule has 5 heteroatoms. The smallest absolute Gasteiger partial charge is 0.256 e. The minimum absolute atomic E-state index is 0.0584. The molecule has 1 heterocycles. The number of halogens is 3. The van der Waals surface area contributed by atoms with Crippen molar-refractivity contribution in [3.8, 4) is 0 Å². The van der Waals surface area contributed by atoms with Gasteiger partial charge in [0.05, 0.1) is 6.04 Å². The minimum Gasteiger partial charge on any atom is -0.332 e. The number of hydrogen-bond acceptors (Lipinski definition) is 1. The fraction of sp³-hybridized carbons (Fsp3) is 0.462. The van der Waals surface area contributed by atoms with E-state index in [0.717, 1.165) is 6.42 Å². The molecule has 2 unspecified atom stereocenters. The van der Waals surface area contributed by atoms with E-state index >= 15 is 0 Å². The third-order valence-electron chi connectivity index (χ3n) is 3.24. The highest BCUT2D eigenvalue weighted by Gasteiger charge is 2.35. The molecule has 1 aliphatic rings. The summed E-state index contributed by atoms with van der Waals surface area (Å²) < 4.78 is 0.306. The fourth-order valence-corrected chi connectivity index (χ4v) is 3.49. The number of amides is 1. The van der Waals surface area contributed by atoms with Crippen LogP contribution >= 0.6 is 45.8 Å². The Bertz CT molecular complexity index is 450. The summed E-state index contributed by atoms with van der Waals surface area (Å²) in [5.41, 5.74) is 2.53. The predicted octanol–water partition coefficient (Wildman–Crippen LogP) is 3.74. The summed E-state index contributed by atoms with van der Waals surface area (Å²) in [7, 11) is 0. The first-order valence-corrected chi connectivity index (χ1v) is 7.94. The highest BCUT2D eigenvalue weighted by Crippen LogP contribution is 2.36. The number of carbonyl (C=O) groups excluding carboxylic acids is 1. The van der Waals surface area contributed by atoms with Crippen LogP contribution < -0.4 is 0 Å². The van der Waals surface area contributed by atoms with Crippen LogP contribution in [0.3, 0.4) is 0 Å². The van der Waals surface area contributed by atoms with Gasteiger partial charge in [-0.1, -0.05) is 77.0 Å². The molecule has 1 amide bonds. The molecular formula is C13H14Cl2INO. The number of hydrogen-bond donors (Lipinski definition) is 0. The molecule has 98 valence electrons. The summed E-state index contributed by atoms with van der Waals surface area (Å²) in [6, 6.07) is 8.33. The van der Waals surface area contributed by atoms with Crippen molar-refractivity contribution in [3.63, 3.8) is 0 Å². The molecule has 1 aromatic carbocycles. The Balaban J connectivity index is 2.39. The zero-order valence-corrected chi connectivity index (χ0v) is 13.6. The van der Waals surface area contributed by atoms with Crippen molar-refractivity contribution in [2.45, 2.75) is 28.1 Å². The molecule has 0 saturated carbocycles. The lowest BCUT2D eigenvalue weighted by Crippen LogP contribution is -2.45. The van der Waals surface area contributed by atoms with Crippen LogP contribution in [0.25, 0.3) is 0 Å². The lowest BCUT2D eigenvalue weighted by Gasteiger charge is -2.39. The molecular weight excluding hydrogens is 384 g/mol. The minimum atomic E-state index is -0.979. The standard InChI is InChI=1S/C13H14Cl2INO/c1-8(16)11-10-5-3-2-4-9(10)6-7-17(11)13(18)12(14)15/h2-5,8,11-12H,6-7H2,1H3. The molecule has 18 heavy (non-hydrogen) atoms. The topological polar surface area (TPSA) is 20.3 Å². The van der Waals surface area contributed by atoms with Crippen molar-refractivity contribution in [2.75, 3.05) is 6.54 Å². The molecule has 1 aromatic rings. The summed E-state index contributed by atoms with van der Waals surface area (Å²) in [5.74, 6) is -0.193. The monoisotopic (exact) mass is 397 g/mol. The van der Waals surface area contributed by atoms with Gasteiger partial charge in [-0.25, -0.2) is 0 Å². The van der Waals surface area contributed by atoms with Crippen molar-refractivity contribution < 1.29 is 4.79 Å². The second-order valence-electron chi connectivity index (χ2n) is 4.40. The maximum absolute atomic E-state index is 12.1. The Kier molecular flexibility index (Phi) is 4.78. The molecule has 2 rings (SSSR count). The second-order valence-corrected chi connectivity index (χ2v) is 7.46. The van der Waals surface area contributed by atoms with E-state index in [9.17, 15) is 4.79 Å². The summed E-state index contributed by atoms with van der Waals surface area (Å²) in [6.07, 6.45) is 0.863. The van der Waals surface area contributed by atoms with Crippen LogP contribution in [0, 0.1) is 0 Å². The number of benzene rings is 1. The number of fused-ring (bicyclic) bond motifs is 1. The zero-order valence-electron chi connectivity index (χ0n) is 9.95. The lowest BCUT2D eigenvalue weighted by atomic mass is 9.91. The van der Waals surface area contributed by atoms with Crippen molar-refractivity contribution in [1.82, 2.24) is 4.90 Å². The van der Waals surface area contributed by atoms with Crippen LogP contribution in [0.1, 0.15) is 24.1 Å². The van der Waals surface area contributed by atoms with Crippen LogP contribution in [0.4, 0.5) is 0 Å². The van der Waals surface area contributed by atoms with Gasteiger partial charge in [0, 0.05) is 10.5 Å². The van der Waals surface area contributed by atoms with E-state index in [-0.39, 0.29) is 11.9 Å². The van der Waals surface area contributed by atoms with Gasteiger partial charge in [-0.05, 0) is 17.5 Å². The van der Waals surface area contributed by atoms with E-state index in [1.807, 2.05) is 17.0 Å². The molecule has 0 N–H and O–H groups in total. The molecule has 0 spiro atoms. The van der Waals surface area contributed by atoms with Gasteiger partial charge in [0.2, 0.25) is 0 Å². The van der Waals surface area contributed by atoms with Crippen LogP contribution in [0.15, 0.2) is 24.3 Å². The Morgan fingerprint density at radius 1 is 1.44 bits per heavy atom. The Morgan fingerprint density at radius 3 is 2.72 bits per heavy atom. The molecule has 1 aliphatic heterocycles. The summed E-state index contributed by atoms with van der Waals surface area (Å²) in [4.78, 5) is 12.9. The van der Waals surface area contributed by atoms with E-state index in [2.05, 4.69) is 41.6 Å². The average Bonchev–Trinajstić information content (AvgIpc) is 2.36. The maximum Gasteiger partial charge on any atom is 0.256 e. The molecule has 0 fully saturated rings. The predicted molar refractivity (Wildman–Crippen MR) is 83.6 cm³/mol. The van der Waals surface area contributed by atoms with E-state index in [0.29, 0.717) is 10.5 Å². The SMILES string of the molecule is CC(I)C1c2ccccc2CCN1C(=O)C(Cl)Cl. The molecule has 2 nitrogen and oxygen atoms in total. The molecule has 0 saturated heterocycles. The van der Waals surface area contributed by atoms with Crippen LogP contribution in [0.5, 0.6) is 0 Å². The van der Waals surface area contributed by atoms with E-state index in [1.54, 1.807) is 0 Å². The van der Waals surface area contributed by atoms with Gasteiger partial charge in [-0.3, -0.25) is 4.79 Å². The third-order valence-corrected chi connectivity index (χ3v) is 4.29. The molecule has 0 bridgehead atoms. The van der Waals surface area contributed by atoms with Gasteiger partial charge in [0.25, 0.3) is 5.91 Å². The van der Waals surface area contributed by atoms with Gasteiger partial charge < -0.3 is 4.90 Å². The van der Waals surface area contributed by atoms with E-state index < -0.39 is 4.84 Å². The number of alkyl halides is 3. The van der Waals surface area contributed by atoms with Gasteiger partial charge >= 0.3 is 0 Å². The third kappa shape index (κ3) is 2.78. The lowest BCUT2D eigenvalue weighted by molar-refractivity contribution is -0.132. The second kappa shape index (κ2) is 5.97.